The lowest BCUT2D eigenvalue weighted by molar-refractivity contribution is -0.0379. The average Bonchev–Trinajstić information content (AvgIpc) is 2.78. The van der Waals surface area contributed by atoms with E-state index >= 15 is 0 Å². The number of halogens is 1. The summed E-state index contributed by atoms with van der Waals surface area (Å²) in [6, 6.07) is 4.72. The van der Waals surface area contributed by atoms with Crippen LogP contribution in [0.2, 0.25) is 0 Å². The monoisotopic (exact) mass is 277 g/mol. The standard InChI is InChI=1S/C16H20FNO2/c1-11-2-3-12(8-15(11)17)16(19)6-7-18-9-13-4-5-14(10-18)20-13/h2-3,8,13-14H,4-7,9-10H2,1H3. The summed E-state index contributed by atoms with van der Waals surface area (Å²) in [5.74, 6) is -0.289. The van der Waals surface area contributed by atoms with E-state index in [0.717, 1.165) is 32.5 Å². The van der Waals surface area contributed by atoms with Crippen LogP contribution in [-0.4, -0.2) is 42.5 Å². The van der Waals surface area contributed by atoms with Crippen LogP contribution in [0.25, 0.3) is 0 Å². The van der Waals surface area contributed by atoms with Gasteiger partial charge in [0.15, 0.2) is 5.78 Å². The average molecular weight is 277 g/mol. The highest BCUT2D eigenvalue weighted by atomic mass is 19.1. The normalized spacial score (nSPS) is 25.9. The molecule has 20 heavy (non-hydrogen) atoms. The summed E-state index contributed by atoms with van der Waals surface area (Å²) in [5.41, 5.74) is 1.05. The van der Waals surface area contributed by atoms with E-state index in [1.54, 1.807) is 19.1 Å². The molecule has 0 aliphatic carbocycles. The first-order chi connectivity index (χ1) is 9.61. The maximum atomic E-state index is 13.5. The molecule has 2 fully saturated rings. The number of hydrogen-bond acceptors (Lipinski definition) is 3. The van der Waals surface area contributed by atoms with E-state index in [9.17, 15) is 9.18 Å². The van der Waals surface area contributed by atoms with Crippen molar-refractivity contribution in [2.24, 2.45) is 0 Å². The van der Waals surface area contributed by atoms with Crippen molar-refractivity contribution in [3.63, 3.8) is 0 Å². The summed E-state index contributed by atoms with van der Waals surface area (Å²) in [7, 11) is 0. The van der Waals surface area contributed by atoms with Crippen molar-refractivity contribution in [3.8, 4) is 0 Å². The molecule has 0 spiro atoms. The van der Waals surface area contributed by atoms with Crippen LogP contribution >= 0.6 is 0 Å². The first-order valence-electron chi connectivity index (χ1n) is 7.29. The topological polar surface area (TPSA) is 29.5 Å². The number of ketones is 1. The van der Waals surface area contributed by atoms with Crippen LogP contribution in [0.15, 0.2) is 18.2 Å². The number of benzene rings is 1. The molecule has 2 unspecified atom stereocenters. The second-order valence-electron chi connectivity index (χ2n) is 5.85. The summed E-state index contributed by atoms with van der Waals surface area (Å²) >= 11 is 0. The Kier molecular flexibility index (Phi) is 3.85. The van der Waals surface area contributed by atoms with E-state index in [1.165, 1.54) is 6.07 Å². The Bertz CT molecular complexity index is 505. The van der Waals surface area contributed by atoms with Crippen LogP contribution in [-0.2, 0) is 4.74 Å². The van der Waals surface area contributed by atoms with Gasteiger partial charge in [0.05, 0.1) is 12.2 Å². The number of morpholine rings is 1. The quantitative estimate of drug-likeness (QED) is 0.792. The Morgan fingerprint density at radius 1 is 1.35 bits per heavy atom. The molecule has 2 saturated heterocycles. The first-order valence-corrected chi connectivity index (χ1v) is 7.29. The first kappa shape index (κ1) is 13.7. The molecule has 0 radical (unpaired) electrons. The fourth-order valence-corrected chi connectivity index (χ4v) is 3.05. The van der Waals surface area contributed by atoms with Crippen molar-refractivity contribution in [1.82, 2.24) is 4.90 Å². The predicted octanol–water partition coefficient (Wildman–Crippen LogP) is 2.57. The Hall–Kier alpha value is -1.26. The lowest BCUT2D eigenvalue weighted by Gasteiger charge is -2.31. The van der Waals surface area contributed by atoms with Crippen molar-refractivity contribution in [2.75, 3.05) is 19.6 Å². The van der Waals surface area contributed by atoms with E-state index in [1.807, 2.05) is 0 Å². The van der Waals surface area contributed by atoms with Crippen LogP contribution in [0.4, 0.5) is 4.39 Å². The molecular formula is C16H20FNO2. The number of carbonyl (C=O) groups is 1. The fourth-order valence-electron chi connectivity index (χ4n) is 3.05. The summed E-state index contributed by atoms with van der Waals surface area (Å²) < 4.78 is 19.2. The molecule has 0 amide bonds. The zero-order valence-electron chi connectivity index (χ0n) is 11.8. The van der Waals surface area contributed by atoms with Gasteiger partial charge in [-0.3, -0.25) is 9.69 Å². The van der Waals surface area contributed by atoms with Crippen LogP contribution in [0, 0.1) is 12.7 Å². The largest absolute Gasteiger partial charge is 0.372 e. The number of carbonyl (C=O) groups excluding carboxylic acids is 1. The third-order valence-corrected chi connectivity index (χ3v) is 4.27. The fraction of sp³-hybridized carbons (Fsp3) is 0.562. The second kappa shape index (κ2) is 5.62. The van der Waals surface area contributed by atoms with Gasteiger partial charge in [-0.05, 0) is 31.4 Å². The third kappa shape index (κ3) is 2.91. The number of hydrogen-bond donors (Lipinski definition) is 0. The Labute approximate surface area is 118 Å². The molecule has 2 atom stereocenters. The summed E-state index contributed by atoms with van der Waals surface area (Å²) in [4.78, 5) is 14.4. The molecule has 0 N–H and O–H groups in total. The van der Waals surface area contributed by atoms with Gasteiger partial charge in [-0.2, -0.15) is 0 Å². The maximum Gasteiger partial charge on any atom is 0.164 e. The molecule has 4 heteroatoms. The zero-order chi connectivity index (χ0) is 14.1. The summed E-state index contributed by atoms with van der Waals surface area (Å²) in [5, 5.41) is 0. The molecule has 108 valence electrons. The number of nitrogens with zero attached hydrogens (tertiary/aromatic N) is 1. The van der Waals surface area contributed by atoms with Gasteiger partial charge in [0.2, 0.25) is 0 Å². The maximum absolute atomic E-state index is 13.5. The van der Waals surface area contributed by atoms with Crippen LogP contribution < -0.4 is 0 Å². The van der Waals surface area contributed by atoms with Crippen molar-refractivity contribution in [1.29, 1.82) is 0 Å². The molecule has 0 aromatic heterocycles. The lowest BCUT2D eigenvalue weighted by atomic mass is 10.1. The molecule has 1 aromatic carbocycles. The Morgan fingerprint density at radius 2 is 2.05 bits per heavy atom. The van der Waals surface area contributed by atoms with E-state index in [2.05, 4.69) is 4.90 Å². The van der Waals surface area contributed by atoms with Crippen LogP contribution in [0.5, 0.6) is 0 Å². The number of likely N-dealkylation sites (tertiary alicyclic amines) is 1. The van der Waals surface area contributed by atoms with E-state index in [0.29, 0.717) is 29.8 Å². The van der Waals surface area contributed by atoms with Gasteiger partial charge in [0, 0.05) is 31.6 Å². The molecule has 3 rings (SSSR count). The van der Waals surface area contributed by atoms with Crippen LogP contribution in [0.1, 0.15) is 35.2 Å². The minimum atomic E-state index is -0.305. The number of aryl methyl sites for hydroxylation is 1. The van der Waals surface area contributed by atoms with E-state index < -0.39 is 0 Å². The van der Waals surface area contributed by atoms with Gasteiger partial charge in [-0.1, -0.05) is 12.1 Å². The number of rotatable bonds is 4. The van der Waals surface area contributed by atoms with Gasteiger partial charge >= 0.3 is 0 Å². The Morgan fingerprint density at radius 3 is 2.70 bits per heavy atom. The van der Waals surface area contributed by atoms with Crippen molar-refractivity contribution in [3.05, 3.63) is 35.1 Å². The van der Waals surface area contributed by atoms with Gasteiger partial charge < -0.3 is 4.74 Å². The summed E-state index contributed by atoms with van der Waals surface area (Å²) in [6.45, 7) is 4.29. The number of Topliss-reactive ketones (excluding diaryl/α,β-unsaturated/α-hetero) is 1. The number of ether oxygens (including phenoxy) is 1. The van der Waals surface area contributed by atoms with Crippen molar-refractivity contribution < 1.29 is 13.9 Å². The molecule has 1 aromatic rings. The molecule has 2 heterocycles. The molecule has 2 aliphatic heterocycles. The highest BCUT2D eigenvalue weighted by Gasteiger charge is 2.33. The van der Waals surface area contributed by atoms with E-state index in [4.69, 9.17) is 4.74 Å². The SMILES string of the molecule is Cc1ccc(C(=O)CCN2CC3CCC(C2)O3)cc1F. The van der Waals surface area contributed by atoms with Crippen molar-refractivity contribution in [2.45, 2.75) is 38.4 Å². The molecular weight excluding hydrogens is 257 g/mol. The predicted molar refractivity (Wildman–Crippen MR) is 74.4 cm³/mol. The molecule has 3 nitrogen and oxygen atoms in total. The van der Waals surface area contributed by atoms with Gasteiger partial charge in [-0.25, -0.2) is 4.39 Å². The molecule has 0 saturated carbocycles. The lowest BCUT2D eigenvalue weighted by Crippen LogP contribution is -2.43. The Balaban J connectivity index is 1.55. The highest BCUT2D eigenvalue weighted by molar-refractivity contribution is 5.96. The minimum Gasteiger partial charge on any atom is -0.372 e. The smallest absolute Gasteiger partial charge is 0.164 e. The minimum absolute atomic E-state index is 0.0164. The second-order valence-corrected chi connectivity index (χ2v) is 5.85. The zero-order valence-corrected chi connectivity index (χ0v) is 11.8. The van der Waals surface area contributed by atoms with Gasteiger partial charge in [0.25, 0.3) is 0 Å². The summed E-state index contributed by atoms with van der Waals surface area (Å²) in [6.07, 6.45) is 3.42. The van der Waals surface area contributed by atoms with Gasteiger partial charge in [0.1, 0.15) is 5.82 Å². The van der Waals surface area contributed by atoms with Crippen molar-refractivity contribution >= 4 is 5.78 Å². The molecule has 2 aliphatic rings. The van der Waals surface area contributed by atoms with Gasteiger partial charge in [-0.15, -0.1) is 0 Å². The third-order valence-electron chi connectivity index (χ3n) is 4.27. The molecule has 2 bridgehead atoms. The number of fused-ring (bicyclic) bond motifs is 2. The van der Waals surface area contributed by atoms with Crippen LogP contribution in [0.3, 0.4) is 0 Å². The highest BCUT2D eigenvalue weighted by Crippen LogP contribution is 2.26. The van der Waals surface area contributed by atoms with E-state index in [-0.39, 0.29) is 11.6 Å².